The molecule has 1 unspecified atom stereocenters. The third-order valence-corrected chi connectivity index (χ3v) is 5.30. The van der Waals surface area contributed by atoms with Gasteiger partial charge in [-0.15, -0.1) is 0 Å². The molecule has 9 heteroatoms. The van der Waals surface area contributed by atoms with Crippen molar-refractivity contribution in [3.05, 3.63) is 42.2 Å². The maximum Gasteiger partial charge on any atom is 0.274 e. The Morgan fingerprint density at radius 2 is 2.07 bits per heavy atom. The largest absolute Gasteiger partial charge is 0.381 e. The number of aromatic nitrogens is 4. The van der Waals surface area contributed by atoms with Crippen molar-refractivity contribution in [3.63, 3.8) is 0 Å². The lowest BCUT2D eigenvalue weighted by atomic mass is 10.0. The highest BCUT2D eigenvalue weighted by Gasteiger charge is 2.31. The lowest BCUT2D eigenvalue weighted by Crippen LogP contribution is -2.43. The van der Waals surface area contributed by atoms with Crippen LogP contribution >= 0.6 is 0 Å². The molecule has 2 aromatic heterocycles. The third kappa shape index (κ3) is 4.19. The summed E-state index contributed by atoms with van der Waals surface area (Å²) < 4.78 is 7.21. The lowest BCUT2D eigenvalue weighted by Gasteiger charge is -2.33. The fraction of sp³-hybridized carbons (Fsp3) is 0.526. The molecule has 9 nitrogen and oxygen atoms in total. The fourth-order valence-corrected chi connectivity index (χ4v) is 3.76. The Hall–Kier alpha value is -2.81. The third-order valence-electron chi connectivity index (χ3n) is 5.30. The molecule has 2 aliphatic heterocycles. The number of carbonyl (C=O) groups is 2. The summed E-state index contributed by atoms with van der Waals surface area (Å²) in [6.07, 6.45) is 8.45. The Morgan fingerprint density at radius 3 is 2.86 bits per heavy atom. The lowest BCUT2D eigenvalue weighted by molar-refractivity contribution is -0.122. The molecule has 148 valence electrons. The maximum atomic E-state index is 12.8. The summed E-state index contributed by atoms with van der Waals surface area (Å²) in [7, 11) is 0. The van der Waals surface area contributed by atoms with Crippen molar-refractivity contribution in [2.75, 3.05) is 26.3 Å². The smallest absolute Gasteiger partial charge is 0.274 e. The second-order valence-electron chi connectivity index (χ2n) is 7.26. The van der Waals surface area contributed by atoms with E-state index in [4.69, 9.17) is 4.74 Å². The van der Waals surface area contributed by atoms with Crippen LogP contribution in [0.5, 0.6) is 0 Å². The minimum absolute atomic E-state index is 0.0215. The van der Waals surface area contributed by atoms with Crippen molar-refractivity contribution in [2.24, 2.45) is 5.92 Å². The van der Waals surface area contributed by atoms with E-state index in [1.165, 1.54) is 18.6 Å². The molecule has 1 N–H and O–H groups in total. The molecule has 0 aromatic carbocycles. The summed E-state index contributed by atoms with van der Waals surface area (Å²) in [5.74, 6) is 0.263. The summed E-state index contributed by atoms with van der Waals surface area (Å²) in [6, 6.07) is 1.68. The van der Waals surface area contributed by atoms with Crippen LogP contribution in [0.2, 0.25) is 0 Å². The standard InChI is InChI=1S/C19H24N6O3/c26-18(22-10-14-2-7-28-8-3-14)9-16-13-24(12-15-1-4-23-25(15)16)19(27)17-11-20-5-6-21-17/h1,4-6,11,14,16H,2-3,7-10,12-13H2,(H,22,26). The van der Waals surface area contributed by atoms with Gasteiger partial charge in [0.05, 0.1) is 30.9 Å². The SMILES string of the molecule is O=C(CC1CN(C(=O)c2cnccn2)Cc2ccnn21)NCC1CCOCC1. The zero-order valence-corrected chi connectivity index (χ0v) is 15.7. The van der Waals surface area contributed by atoms with Gasteiger partial charge in [-0.25, -0.2) is 4.98 Å². The van der Waals surface area contributed by atoms with Gasteiger partial charge in [-0.3, -0.25) is 19.3 Å². The van der Waals surface area contributed by atoms with Gasteiger partial charge in [0.15, 0.2) is 0 Å². The van der Waals surface area contributed by atoms with E-state index in [0.29, 0.717) is 31.2 Å². The number of carbonyl (C=O) groups excluding carboxylic acids is 2. The maximum absolute atomic E-state index is 12.8. The quantitative estimate of drug-likeness (QED) is 0.818. The van der Waals surface area contributed by atoms with Crippen LogP contribution in [0.4, 0.5) is 0 Å². The molecule has 0 aliphatic carbocycles. The first kappa shape index (κ1) is 18.5. The van der Waals surface area contributed by atoms with Crippen LogP contribution in [0.15, 0.2) is 30.9 Å². The Balaban J connectivity index is 1.40. The van der Waals surface area contributed by atoms with Crippen molar-refractivity contribution in [1.29, 1.82) is 0 Å². The van der Waals surface area contributed by atoms with E-state index in [9.17, 15) is 9.59 Å². The molecule has 1 saturated heterocycles. The number of hydrogen-bond acceptors (Lipinski definition) is 6. The highest BCUT2D eigenvalue weighted by Crippen LogP contribution is 2.24. The zero-order valence-electron chi connectivity index (χ0n) is 15.7. The molecular formula is C19H24N6O3. The van der Waals surface area contributed by atoms with Gasteiger partial charge in [-0.05, 0) is 24.8 Å². The van der Waals surface area contributed by atoms with E-state index in [1.807, 2.05) is 10.7 Å². The van der Waals surface area contributed by atoms with Crippen molar-refractivity contribution in [1.82, 2.24) is 30.0 Å². The van der Waals surface area contributed by atoms with Crippen LogP contribution in [0, 0.1) is 5.92 Å². The van der Waals surface area contributed by atoms with Gasteiger partial charge < -0.3 is 15.0 Å². The second-order valence-corrected chi connectivity index (χ2v) is 7.26. The fourth-order valence-electron chi connectivity index (χ4n) is 3.76. The average Bonchev–Trinajstić information content (AvgIpc) is 3.22. The van der Waals surface area contributed by atoms with E-state index in [0.717, 1.165) is 31.7 Å². The molecule has 1 fully saturated rings. The second kappa shape index (κ2) is 8.47. The average molecular weight is 384 g/mol. The van der Waals surface area contributed by atoms with Gasteiger partial charge in [0.25, 0.3) is 5.91 Å². The van der Waals surface area contributed by atoms with Crippen LogP contribution in [0.3, 0.4) is 0 Å². The Kier molecular flexibility index (Phi) is 5.61. The van der Waals surface area contributed by atoms with Gasteiger partial charge in [-0.1, -0.05) is 0 Å². The molecule has 0 bridgehead atoms. The number of ether oxygens (including phenoxy) is 1. The highest BCUT2D eigenvalue weighted by molar-refractivity contribution is 5.92. The van der Waals surface area contributed by atoms with Gasteiger partial charge in [0.1, 0.15) is 5.69 Å². The van der Waals surface area contributed by atoms with Crippen LogP contribution in [-0.4, -0.2) is 62.8 Å². The summed E-state index contributed by atoms with van der Waals surface area (Å²) >= 11 is 0. The minimum Gasteiger partial charge on any atom is -0.381 e. The highest BCUT2D eigenvalue weighted by atomic mass is 16.5. The molecular weight excluding hydrogens is 360 g/mol. The Bertz CT molecular complexity index is 818. The molecule has 1 atom stereocenters. The van der Waals surface area contributed by atoms with Gasteiger partial charge in [0, 0.05) is 44.9 Å². The number of nitrogens with one attached hydrogen (secondary N) is 1. The molecule has 0 spiro atoms. The molecule has 2 amide bonds. The van der Waals surface area contributed by atoms with Crippen molar-refractivity contribution in [2.45, 2.75) is 31.8 Å². The van der Waals surface area contributed by atoms with Crippen molar-refractivity contribution in [3.8, 4) is 0 Å². The summed E-state index contributed by atoms with van der Waals surface area (Å²) in [5, 5.41) is 7.40. The first-order valence-electron chi connectivity index (χ1n) is 9.63. The monoisotopic (exact) mass is 384 g/mol. The first-order chi connectivity index (χ1) is 13.7. The Morgan fingerprint density at radius 1 is 1.21 bits per heavy atom. The van der Waals surface area contributed by atoms with Crippen molar-refractivity contribution >= 4 is 11.8 Å². The van der Waals surface area contributed by atoms with E-state index < -0.39 is 0 Å². The van der Waals surface area contributed by atoms with E-state index >= 15 is 0 Å². The van der Waals surface area contributed by atoms with E-state index in [-0.39, 0.29) is 24.3 Å². The predicted octanol–water partition coefficient (Wildman–Crippen LogP) is 0.803. The first-order valence-corrected chi connectivity index (χ1v) is 9.63. The topological polar surface area (TPSA) is 102 Å². The van der Waals surface area contributed by atoms with Crippen LogP contribution in [0.1, 0.15) is 41.5 Å². The summed E-state index contributed by atoms with van der Waals surface area (Å²) in [6.45, 7) is 3.05. The van der Waals surface area contributed by atoms with E-state index in [2.05, 4.69) is 20.4 Å². The number of amides is 2. The number of fused-ring (bicyclic) bond motifs is 1. The molecule has 4 heterocycles. The number of hydrogen-bond donors (Lipinski definition) is 1. The van der Waals surface area contributed by atoms with Crippen LogP contribution in [0.25, 0.3) is 0 Å². The Labute approximate surface area is 163 Å². The number of rotatable bonds is 5. The molecule has 4 rings (SSSR count). The summed E-state index contributed by atoms with van der Waals surface area (Å²) in [4.78, 5) is 35.1. The van der Waals surface area contributed by atoms with E-state index in [1.54, 1.807) is 11.1 Å². The molecule has 0 saturated carbocycles. The van der Waals surface area contributed by atoms with Gasteiger partial charge >= 0.3 is 0 Å². The molecule has 2 aliphatic rings. The molecule has 0 radical (unpaired) electrons. The summed E-state index contributed by atoms with van der Waals surface area (Å²) in [5.41, 5.74) is 1.21. The van der Waals surface area contributed by atoms with Crippen molar-refractivity contribution < 1.29 is 14.3 Å². The normalized spacial score (nSPS) is 19.9. The minimum atomic E-state index is -0.200. The molecule has 2 aromatic rings. The van der Waals surface area contributed by atoms with Crippen LogP contribution < -0.4 is 5.32 Å². The van der Waals surface area contributed by atoms with Gasteiger partial charge in [0.2, 0.25) is 5.91 Å². The number of nitrogens with zero attached hydrogens (tertiary/aromatic N) is 5. The van der Waals surface area contributed by atoms with Crippen LogP contribution in [-0.2, 0) is 16.1 Å². The molecule has 28 heavy (non-hydrogen) atoms. The predicted molar refractivity (Wildman–Crippen MR) is 99.2 cm³/mol. The zero-order chi connectivity index (χ0) is 19.3. The van der Waals surface area contributed by atoms with Gasteiger partial charge in [-0.2, -0.15) is 5.10 Å².